The van der Waals surface area contributed by atoms with Crippen LogP contribution in [0.3, 0.4) is 0 Å². The number of carbonyl (C=O) groups is 1. The standard InChI is InChI=1S/C10H20N2O2.ClH/c1-8(2)12-9(13)10(14-3)4-6-11-7-5-10;/h8,11H,4-7H2,1-3H3,(H,12,13);1H. The second-order valence-corrected chi connectivity index (χ2v) is 4.08. The molecule has 5 heteroatoms. The van der Waals surface area contributed by atoms with Gasteiger partial charge in [0.2, 0.25) is 0 Å². The van der Waals surface area contributed by atoms with E-state index in [1.54, 1.807) is 7.11 Å². The Morgan fingerprint density at radius 1 is 1.40 bits per heavy atom. The van der Waals surface area contributed by atoms with Gasteiger partial charge >= 0.3 is 0 Å². The third-order valence-corrected chi connectivity index (χ3v) is 2.64. The Morgan fingerprint density at radius 3 is 2.33 bits per heavy atom. The van der Waals surface area contributed by atoms with Crippen LogP contribution in [0.1, 0.15) is 26.7 Å². The van der Waals surface area contributed by atoms with Crippen molar-refractivity contribution in [2.24, 2.45) is 0 Å². The van der Waals surface area contributed by atoms with Crippen LogP contribution in [-0.4, -0.2) is 37.7 Å². The third kappa shape index (κ3) is 3.63. The van der Waals surface area contributed by atoms with E-state index < -0.39 is 5.60 Å². The minimum absolute atomic E-state index is 0. The van der Waals surface area contributed by atoms with Crippen LogP contribution >= 0.6 is 12.4 Å². The highest BCUT2D eigenvalue weighted by atomic mass is 35.5. The number of amides is 1. The molecule has 90 valence electrons. The van der Waals surface area contributed by atoms with Crippen LogP contribution in [0.25, 0.3) is 0 Å². The van der Waals surface area contributed by atoms with Crippen molar-refractivity contribution in [1.82, 2.24) is 10.6 Å². The zero-order valence-electron chi connectivity index (χ0n) is 9.63. The van der Waals surface area contributed by atoms with Gasteiger partial charge in [0, 0.05) is 13.2 Å². The van der Waals surface area contributed by atoms with E-state index in [4.69, 9.17) is 4.74 Å². The minimum atomic E-state index is -0.602. The smallest absolute Gasteiger partial charge is 0.252 e. The lowest BCUT2D eigenvalue weighted by molar-refractivity contribution is -0.147. The number of hydrogen-bond donors (Lipinski definition) is 2. The Morgan fingerprint density at radius 2 is 1.93 bits per heavy atom. The summed E-state index contributed by atoms with van der Waals surface area (Å²) in [6.07, 6.45) is 1.50. The second kappa shape index (κ2) is 6.30. The Balaban J connectivity index is 0.00000196. The van der Waals surface area contributed by atoms with Crippen molar-refractivity contribution in [2.45, 2.75) is 38.3 Å². The van der Waals surface area contributed by atoms with Crippen LogP contribution in [0.5, 0.6) is 0 Å². The van der Waals surface area contributed by atoms with E-state index >= 15 is 0 Å². The number of piperidine rings is 1. The molecule has 1 saturated heterocycles. The fraction of sp³-hybridized carbons (Fsp3) is 0.900. The van der Waals surface area contributed by atoms with Crippen LogP contribution < -0.4 is 10.6 Å². The van der Waals surface area contributed by atoms with Crippen molar-refractivity contribution in [3.05, 3.63) is 0 Å². The van der Waals surface area contributed by atoms with Gasteiger partial charge in [-0.1, -0.05) is 0 Å². The summed E-state index contributed by atoms with van der Waals surface area (Å²) in [4.78, 5) is 11.9. The lowest BCUT2D eigenvalue weighted by Gasteiger charge is -2.35. The Labute approximate surface area is 97.5 Å². The Kier molecular flexibility index (Phi) is 6.17. The van der Waals surface area contributed by atoms with Crippen molar-refractivity contribution in [2.75, 3.05) is 20.2 Å². The number of rotatable bonds is 3. The average molecular weight is 237 g/mol. The molecule has 1 aliphatic rings. The van der Waals surface area contributed by atoms with Gasteiger partial charge < -0.3 is 15.4 Å². The zero-order chi connectivity index (χ0) is 10.6. The molecule has 0 radical (unpaired) electrons. The predicted octanol–water partition coefficient (Wildman–Crippen LogP) is 0.701. The molecule has 0 spiro atoms. The van der Waals surface area contributed by atoms with Gasteiger partial charge in [-0.25, -0.2) is 0 Å². The summed E-state index contributed by atoms with van der Waals surface area (Å²) in [5.41, 5.74) is -0.602. The molecular formula is C10H21ClN2O2. The van der Waals surface area contributed by atoms with Crippen LogP contribution in [-0.2, 0) is 9.53 Å². The van der Waals surface area contributed by atoms with Crippen LogP contribution in [0.4, 0.5) is 0 Å². The van der Waals surface area contributed by atoms with Crippen molar-refractivity contribution >= 4 is 18.3 Å². The molecule has 0 bridgehead atoms. The molecule has 1 fully saturated rings. The molecular weight excluding hydrogens is 216 g/mol. The average Bonchev–Trinajstić information content (AvgIpc) is 2.18. The first-order valence-electron chi connectivity index (χ1n) is 5.17. The molecule has 1 aliphatic heterocycles. The minimum Gasteiger partial charge on any atom is -0.368 e. The number of carbonyl (C=O) groups excluding carboxylic acids is 1. The Bertz CT molecular complexity index is 204. The summed E-state index contributed by atoms with van der Waals surface area (Å²) < 4.78 is 5.39. The molecule has 0 atom stereocenters. The quantitative estimate of drug-likeness (QED) is 0.759. The summed E-state index contributed by atoms with van der Waals surface area (Å²) in [5.74, 6) is 0.0245. The summed E-state index contributed by atoms with van der Waals surface area (Å²) in [5, 5.41) is 6.13. The van der Waals surface area contributed by atoms with Gasteiger partial charge in [0.1, 0.15) is 5.60 Å². The SMILES string of the molecule is COC1(C(=O)NC(C)C)CCNCC1.Cl. The maximum Gasteiger partial charge on any atom is 0.252 e. The first-order valence-corrected chi connectivity index (χ1v) is 5.17. The lowest BCUT2D eigenvalue weighted by Crippen LogP contribution is -2.55. The van der Waals surface area contributed by atoms with E-state index in [2.05, 4.69) is 10.6 Å². The molecule has 0 aliphatic carbocycles. The maximum absolute atomic E-state index is 11.9. The largest absolute Gasteiger partial charge is 0.368 e. The molecule has 0 aromatic carbocycles. The fourth-order valence-electron chi connectivity index (χ4n) is 1.75. The first kappa shape index (κ1) is 14.7. The van der Waals surface area contributed by atoms with Gasteiger partial charge in [0.25, 0.3) is 5.91 Å². The highest BCUT2D eigenvalue weighted by molar-refractivity contribution is 5.85. The van der Waals surface area contributed by atoms with E-state index in [9.17, 15) is 4.79 Å². The second-order valence-electron chi connectivity index (χ2n) is 4.08. The molecule has 1 amide bonds. The van der Waals surface area contributed by atoms with E-state index in [0.29, 0.717) is 0 Å². The molecule has 4 nitrogen and oxygen atoms in total. The fourth-order valence-corrected chi connectivity index (χ4v) is 1.75. The van der Waals surface area contributed by atoms with Crippen molar-refractivity contribution in [1.29, 1.82) is 0 Å². The molecule has 1 heterocycles. The first-order chi connectivity index (χ1) is 6.60. The van der Waals surface area contributed by atoms with Gasteiger partial charge in [-0.3, -0.25) is 4.79 Å². The van der Waals surface area contributed by atoms with Gasteiger partial charge in [0.15, 0.2) is 0 Å². The summed E-state index contributed by atoms with van der Waals surface area (Å²) >= 11 is 0. The van der Waals surface area contributed by atoms with E-state index in [1.165, 1.54) is 0 Å². The van der Waals surface area contributed by atoms with E-state index in [-0.39, 0.29) is 24.4 Å². The number of ether oxygens (including phenoxy) is 1. The zero-order valence-corrected chi connectivity index (χ0v) is 10.4. The van der Waals surface area contributed by atoms with Crippen LogP contribution in [0.2, 0.25) is 0 Å². The van der Waals surface area contributed by atoms with Crippen molar-refractivity contribution in [3.63, 3.8) is 0 Å². The molecule has 0 saturated carbocycles. The molecule has 0 aromatic rings. The van der Waals surface area contributed by atoms with Gasteiger partial charge in [-0.2, -0.15) is 0 Å². The maximum atomic E-state index is 11.9. The molecule has 0 unspecified atom stereocenters. The predicted molar refractivity (Wildman–Crippen MR) is 62.4 cm³/mol. The van der Waals surface area contributed by atoms with E-state index in [1.807, 2.05) is 13.8 Å². The topological polar surface area (TPSA) is 50.4 Å². The highest BCUT2D eigenvalue weighted by Gasteiger charge is 2.39. The molecule has 0 aromatic heterocycles. The van der Waals surface area contributed by atoms with E-state index in [0.717, 1.165) is 25.9 Å². The number of halogens is 1. The third-order valence-electron chi connectivity index (χ3n) is 2.64. The highest BCUT2D eigenvalue weighted by Crippen LogP contribution is 2.22. The lowest BCUT2D eigenvalue weighted by atomic mass is 9.91. The number of hydrogen-bond acceptors (Lipinski definition) is 3. The summed E-state index contributed by atoms with van der Waals surface area (Å²) in [6.45, 7) is 5.61. The summed E-state index contributed by atoms with van der Waals surface area (Å²) in [6, 6.07) is 0.171. The number of nitrogens with one attached hydrogen (secondary N) is 2. The molecule has 1 rings (SSSR count). The van der Waals surface area contributed by atoms with Gasteiger partial charge in [0.05, 0.1) is 0 Å². The Hall–Kier alpha value is -0.320. The van der Waals surface area contributed by atoms with Crippen molar-refractivity contribution < 1.29 is 9.53 Å². The molecule has 15 heavy (non-hydrogen) atoms. The van der Waals surface area contributed by atoms with Crippen molar-refractivity contribution in [3.8, 4) is 0 Å². The monoisotopic (exact) mass is 236 g/mol. The van der Waals surface area contributed by atoms with Crippen LogP contribution in [0, 0.1) is 0 Å². The van der Waals surface area contributed by atoms with Gasteiger partial charge in [-0.05, 0) is 39.8 Å². The normalized spacial score (nSPS) is 19.5. The molecule has 2 N–H and O–H groups in total. The van der Waals surface area contributed by atoms with Gasteiger partial charge in [-0.15, -0.1) is 12.4 Å². The summed E-state index contributed by atoms with van der Waals surface area (Å²) in [7, 11) is 1.62. The van der Waals surface area contributed by atoms with Crippen LogP contribution in [0.15, 0.2) is 0 Å². The number of methoxy groups -OCH3 is 1.